The van der Waals surface area contributed by atoms with Crippen LogP contribution in [0.15, 0.2) is 24.4 Å². The van der Waals surface area contributed by atoms with Crippen molar-refractivity contribution in [3.05, 3.63) is 24.4 Å². The normalized spacial score (nSPS) is 21.2. The molecular weight excluding hydrogens is 190 g/mol. The Morgan fingerprint density at radius 1 is 1.53 bits per heavy atom. The first kappa shape index (κ1) is 10.4. The molecule has 1 aromatic rings. The number of hydrogen-bond acceptors (Lipinski definition) is 4. The van der Waals surface area contributed by atoms with Crippen LogP contribution in [-0.4, -0.2) is 37.3 Å². The van der Waals surface area contributed by atoms with E-state index >= 15 is 0 Å². The van der Waals surface area contributed by atoms with Gasteiger partial charge in [-0.15, -0.1) is 0 Å². The van der Waals surface area contributed by atoms with Gasteiger partial charge in [0.15, 0.2) is 0 Å². The highest BCUT2D eigenvalue weighted by atomic mass is 16.5. The van der Waals surface area contributed by atoms with E-state index in [1.54, 1.807) is 6.20 Å². The van der Waals surface area contributed by atoms with Gasteiger partial charge in [0, 0.05) is 25.8 Å². The van der Waals surface area contributed by atoms with Crippen molar-refractivity contribution in [2.75, 3.05) is 31.6 Å². The number of anilines is 1. The predicted molar refractivity (Wildman–Crippen MR) is 60.0 cm³/mol. The second-order valence-electron chi connectivity index (χ2n) is 3.63. The zero-order valence-corrected chi connectivity index (χ0v) is 8.78. The number of nitrogens with zero attached hydrogens (tertiary/aromatic N) is 1. The molecular formula is C11H17N3O. The number of hydrogen-bond donors (Lipinski definition) is 2. The van der Waals surface area contributed by atoms with Gasteiger partial charge < -0.3 is 15.4 Å². The van der Waals surface area contributed by atoms with Crippen LogP contribution < -0.4 is 10.6 Å². The van der Waals surface area contributed by atoms with Crippen LogP contribution in [0.2, 0.25) is 0 Å². The van der Waals surface area contributed by atoms with Gasteiger partial charge in [-0.2, -0.15) is 0 Å². The second-order valence-corrected chi connectivity index (χ2v) is 3.63. The molecule has 0 bridgehead atoms. The van der Waals surface area contributed by atoms with Crippen molar-refractivity contribution in [2.24, 2.45) is 0 Å². The van der Waals surface area contributed by atoms with Crippen molar-refractivity contribution in [2.45, 2.75) is 12.5 Å². The fourth-order valence-corrected chi connectivity index (χ4v) is 1.63. The average Bonchev–Trinajstić information content (AvgIpc) is 2.32. The lowest BCUT2D eigenvalue weighted by molar-refractivity contribution is 0.0258. The number of rotatable bonds is 4. The van der Waals surface area contributed by atoms with Crippen molar-refractivity contribution in [1.29, 1.82) is 0 Å². The van der Waals surface area contributed by atoms with E-state index < -0.39 is 0 Å². The summed E-state index contributed by atoms with van der Waals surface area (Å²) in [7, 11) is 0. The van der Waals surface area contributed by atoms with E-state index in [9.17, 15) is 0 Å². The lowest BCUT2D eigenvalue weighted by Gasteiger charge is -2.23. The van der Waals surface area contributed by atoms with Crippen molar-refractivity contribution >= 4 is 5.82 Å². The van der Waals surface area contributed by atoms with Crippen LogP contribution in [0, 0.1) is 0 Å². The molecule has 82 valence electrons. The molecule has 0 aliphatic carbocycles. The lowest BCUT2D eigenvalue weighted by Crippen LogP contribution is -2.39. The minimum Gasteiger partial charge on any atom is -0.376 e. The van der Waals surface area contributed by atoms with E-state index in [1.165, 1.54) is 0 Å². The van der Waals surface area contributed by atoms with Crippen molar-refractivity contribution in [3.8, 4) is 0 Å². The summed E-state index contributed by atoms with van der Waals surface area (Å²) in [4.78, 5) is 4.19. The van der Waals surface area contributed by atoms with Gasteiger partial charge in [0.25, 0.3) is 0 Å². The van der Waals surface area contributed by atoms with Gasteiger partial charge >= 0.3 is 0 Å². The van der Waals surface area contributed by atoms with Gasteiger partial charge in [0.1, 0.15) is 5.82 Å². The predicted octanol–water partition coefficient (Wildman–Crippen LogP) is 0.872. The molecule has 0 spiro atoms. The first-order chi connectivity index (χ1) is 7.45. The highest BCUT2D eigenvalue weighted by Gasteiger charge is 2.12. The Hall–Kier alpha value is -1.13. The number of aromatic nitrogens is 1. The summed E-state index contributed by atoms with van der Waals surface area (Å²) in [5.41, 5.74) is 0. The zero-order valence-electron chi connectivity index (χ0n) is 8.78. The number of morpholine rings is 1. The molecule has 0 saturated carbocycles. The molecule has 1 atom stereocenters. The van der Waals surface area contributed by atoms with E-state index in [0.29, 0.717) is 6.10 Å². The third-order valence-corrected chi connectivity index (χ3v) is 2.44. The molecule has 1 saturated heterocycles. The van der Waals surface area contributed by atoms with Crippen LogP contribution in [0.1, 0.15) is 6.42 Å². The molecule has 4 heteroatoms. The van der Waals surface area contributed by atoms with Gasteiger partial charge in [0.05, 0.1) is 12.7 Å². The van der Waals surface area contributed by atoms with E-state index in [-0.39, 0.29) is 0 Å². The Balaban J connectivity index is 1.66. The van der Waals surface area contributed by atoms with E-state index in [1.807, 2.05) is 18.2 Å². The third kappa shape index (κ3) is 3.49. The molecule has 15 heavy (non-hydrogen) atoms. The quantitative estimate of drug-likeness (QED) is 0.769. The minimum atomic E-state index is 0.343. The molecule has 4 nitrogen and oxygen atoms in total. The van der Waals surface area contributed by atoms with Gasteiger partial charge in [-0.3, -0.25) is 0 Å². The molecule has 0 amide bonds. The summed E-state index contributed by atoms with van der Waals surface area (Å²) in [5.74, 6) is 0.932. The molecule has 1 unspecified atom stereocenters. The number of nitrogens with one attached hydrogen (secondary N) is 2. The Morgan fingerprint density at radius 2 is 2.53 bits per heavy atom. The van der Waals surface area contributed by atoms with E-state index in [0.717, 1.165) is 38.5 Å². The Labute approximate surface area is 90.0 Å². The van der Waals surface area contributed by atoms with E-state index in [2.05, 4.69) is 15.6 Å². The monoisotopic (exact) mass is 207 g/mol. The van der Waals surface area contributed by atoms with Gasteiger partial charge in [-0.25, -0.2) is 4.98 Å². The molecule has 1 aliphatic rings. The summed E-state index contributed by atoms with van der Waals surface area (Å²) < 4.78 is 5.59. The highest BCUT2D eigenvalue weighted by Crippen LogP contribution is 2.04. The molecule has 2 heterocycles. The Kier molecular flexibility index (Phi) is 3.93. The fraction of sp³-hybridized carbons (Fsp3) is 0.545. The average molecular weight is 207 g/mol. The minimum absolute atomic E-state index is 0.343. The van der Waals surface area contributed by atoms with Crippen LogP contribution in [-0.2, 0) is 4.74 Å². The standard InChI is InChI=1S/C11H17N3O/c1-2-5-13-11(3-1)14-6-4-10-9-12-7-8-15-10/h1-3,5,10,12H,4,6-9H2,(H,13,14). The van der Waals surface area contributed by atoms with E-state index in [4.69, 9.17) is 4.74 Å². The topological polar surface area (TPSA) is 46.2 Å². The SMILES string of the molecule is c1ccc(NCCC2CNCCO2)nc1. The zero-order chi connectivity index (χ0) is 10.3. The summed E-state index contributed by atoms with van der Waals surface area (Å²) in [6, 6.07) is 5.87. The summed E-state index contributed by atoms with van der Waals surface area (Å²) in [6.07, 6.45) is 3.15. The smallest absolute Gasteiger partial charge is 0.125 e. The maximum Gasteiger partial charge on any atom is 0.125 e. The summed E-state index contributed by atoms with van der Waals surface area (Å²) in [6.45, 7) is 3.67. The largest absolute Gasteiger partial charge is 0.376 e. The van der Waals surface area contributed by atoms with Crippen LogP contribution in [0.4, 0.5) is 5.82 Å². The molecule has 1 aliphatic heterocycles. The Bertz CT molecular complexity index is 272. The van der Waals surface area contributed by atoms with Gasteiger partial charge in [0.2, 0.25) is 0 Å². The van der Waals surface area contributed by atoms with Gasteiger partial charge in [-0.1, -0.05) is 6.07 Å². The molecule has 1 aromatic heterocycles. The molecule has 2 rings (SSSR count). The number of ether oxygens (including phenoxy) is 1. The van der Waals surface area contributed by atoms with Crippen molar-refractivity contribution < 1.29 is 4.74 Å². The highest BCUT2D eigenvalue weighted by molar-refractivity contribution is 5.32. The molecule has 0 radical (unpaired) electrons. The molecule has 1 fully saturated rings. The van der Waals surface area contributed by atoms with Crippen LogP contribution in [0.25, 0.3) is 0 Å². The van der Waals surface area contributed by atoms with Crippen LogP contribution in [0.5, 0.6) is 0 Å². The third-order valence-electron chi connectivity index (χ3n) is 2.44. The summed E-state index contributed by atoms with van der Waals surface area (Å²) >= 11 is 0. The van der Waals surface area contributed by atoms with Crippen molar-refractivity contribution in [3.63, 3.8) is 0 Å². The molecule has 2 N–H and O–H groups in total. The lowest BCUT2D eigenvalue weighted by atomic mass is 10.2. The first-order valence-electron chi connectivity index (χ1n) is 5.42. The van der Waals surface area contributed by atoms with Crippen LogP contribution in [0.3, 0.4) is 0 Å². The second kappa shape index (κ2) is 5.68. The van der Waals surface area contributed by atoms with Gasteiger partial charge in [-0.05, 0) is 18.6 Å². The number of pyridine rings is 1. The first-order valence-corrected chi connectivity index (χ1v) is 5.42. The maximum absolute atomic E-state index is 5.59. The Morgan fingerprint density at radius 3 is 3.27 bits per heavy atom. The maximum atomic E-state index is 5.59. The fourth-order valence-electron chi connectivity index (χ4n) is 1.63. The molecule has 0 aromatic carbocycles. The summed E-state index contributed by atoms with van der Waals surface area (Å²) in [5, 5.41) is 6.59. The van der Waals surface area contributed by atoms with Crippen LogP contribution >= 0.6 is 0 Å². The van der Waals surface area contributed by atoms with Crippen molar-refractivity contribution in [1.82, 2.24) is 10.3 Å².